The van der Waals surface area contributed by atoms with Gasteiger partial charge in [0.2, 0.25) is 5.91 Å². The molecule has 3 rings (SSSR count). The minimum atomic E-state index is -0.319. The topological polar surface area (TPSA) is 42.7 Å². The van der Waals surface area contributed by atoms with Gasteiger partial charge in [-0.25, -0.2) is 4.39 Å². The van der Waals surface area contributed by atoms with Crippen molar-refractivity contribution < 1.29 is 18.3 Å². The number of furan rings is 1. The minimum Gasteiger partial charge on any atom is -0.493 e. The first-order valence-electron chi connectivity index (χ1n) is 8.43. The molecule has 3 aromatic rings. The van der Waals surface area contributed by atoms with Crippen molar-refractivity contribution >= 4 is 5.91 Å². The smallest absolute Gasteiger partial charge is 0.226 e. The van der Waals surface area contributed by atoms with Crippen LogP contribution in [0.25, 0.3) is 0 Å². The predicted molar refractivity (Wildman–Crippen MR) is 95.9 cm³/mol. The van der Waals surface area contributed by atoms with Crippen LogP contribution in [0.4, 0.5) is 4.39 Å². The molecule has 2 aromatic carbocycles. The Morgan fingerprint density at radius 1 is 0.962 bits per heavy atom. The highest BCUT2D eigenvalue weighted by atomic mass is 19.1. The van der Waals surface area contributed by atoms with Crippen molar-refractivity contribution in [3.05, 3.63) is 90.1 Å². The molecule has 1 amide bonds. The Bertz CT molecular complexity index is 801. The van der Waals surface area contributed by atoms with Crippen LogP contribution in [0.5, 0.6) is 5.75 Å². The summed E-state index contributed by atoms with van der Waals surface area (Å²) in [5, 5.41) is 0. The fraction of sp³-hybridized carbons (Fsp3) is 0.190. The molecule has 0 spiro atoms. The maximum absolute atomic E-state index is 12.9. The van der Waals surface area contributed by atoms with Crippen molar-refractivity contribution in [2.45, 2.75) is 19.5 Å². The maximum atomic E-state index is 12.9. The standard InChI is InChI=1S/C21H20FNO3/c22-18-8-10-19(11-9-18)26-14-12-21(24)23(16-20-7-4-13-25-20)15-17-5-2-1-3-6-17/h1-11,13H,12,14-16H2. The van der Waals surface area contributed by atoms with Crippen LogP contribution in [-0.4, -0.2) is 17.4 Å². The van der Waals surface area contributed by atoms with E-state index in [2.05, 4.69) is 0 Å². The van der Waals surface area contributed by atoms with Gasteiger partial charge >= 0.3 is 0 Å². The maximum Gasteiger partial charge on any atom is 0.226 e. The third-order valence-corrected chi connectivity index (χ3v) is 3.89. The fourth-order valence-electron chi connectivity index (χ4n) is 2.57. The molecular formula is C21H20FNO3. The Kier molecular flexibility index (Phi) is 6.04. The zero-order valence-corrected chi connectivity index (χ0v) is 14.3. The first kappa shape index (κ1) is 17.7. The van der Waals surface area contributed by atoms with E-state index >= 15 is 0 Å². The fourth-order valence-corrected chi connectivity index (χ4v) is 2.57. The Morgan fingerprint density at radius 3 is 2.42 bits per heavy atom. The summed E-state index contributed by atoms with van der Waals surface area (Å²) < 4.78 is 23.8. The monoisotopic (exact) mass is 353 g/mol. The quantitative estimate of drug-likeness (QED) is 0.602. The van der Waals surface area contributed by atoms with Gasteiger partial charge in [0.05, 0.1) is 25.8 Å². The molecule has 1 heterocycles. The van der Waals surface area contributed by atoms with E-state index in [1.807, 2.05) is 36.4 Å². The van der Waals surface area contributed by atoms with E-state index in [1.54, 1.807) is 29.4 Å². The molecule has 4 nitrogen and oxygen atoms in total. The predicted octanol–water partition coefficient (Wildman–Crippen LogP) is 4.42. The Hall–Kier alpha value is -3.08. The van der Waals surface area contributed by atoms with Crippen LogP contribution < -0.4 is 4.74 Å². The molecule has 0 aliphatic heterocycles. The van der Waals surface area contributed by atoms with Gasteiger partial charge in [-0.2, -0.15) is 0 Å². The highest BCUT2D eigenvalue weighted by Crippen LogP contribution is 2.14. The molecule has 1 aromatic heterocycles. The average Bonchev–Trinajstić information content (AvgIpc) is 3.17. The van der Waals surface area contributed by atoms with Gasteiger partial charge in [0.1, 0.15) is 17.3 Å². The number of benzene rings is 2. The number of carbonyl (C=O) groups excluding carboxylic acids is 1. The lowest BCUT2D eigenvalue weighted by Gasteiger charge is -2.22. The van der Waals surface area contributed by atoms with Crippen LogP contribution in [0.1, 0.15) is 17.7 Å². The molecule has 5 heteroatoms. The molecule has 0 aliphatic rings. The van der Waals surface area contributed by atoms with Gasteiger partial charge in [-0.1, -0.05) is 30.3 Å². The van der Waals surface area contributed by atoms with Crippen LogP contribution in [-0.2, 0) is 17.9 Å². The number of halogens is 1. The summed E-state index contributed by atoms with van der Waals surface area (Å²) in [5.41, 5.74) is 1.05. The van der Waals surface area contributed by atoms with Crippen LogP contribution in [0.2, 0.25) is 0 Å². The van der Waals surface area contributed by atoms with Gasteiger partial charge in [-0.3, -0.25) is 4.79 Å². The SMILES string of the molecule is O=C(CCOc1ccc(F)cc1)N(Cc1ccccc1)Cc1ccco1. The van der Waals surface area contributed by atoms with Crippen molar-refractivity contribution in [2.75, 3.05) is 6.61 Å². The summed E-state index contributed by atoms with van der Waals surface area (Å²) in [6.45, 7) is 1.13. The van der Waals surface area contributed by atoms with Gasteiger partial charge in [-0.15, -0.1) is 0 Å². The number of hydrogen-bond acceptors (Lipinski definition) is 3. The summed E-state index contributed by atoms with van der Waals surface area (Å²) >= 11 is 0. The van der Waals surface area contributed by atoms with Crippen molar-refractivity contribution in [3.63, 3.8) is 0 Å². The lowest BCUT2D eigenvalue weighted by molar-refractivity contribution is -0.133. The zero-order chi connectivity index (χ0) is 18.2. The molecule has 134 valence electrons. The largest absolute Gasteiger partial charge is 0.493 e. The van der Waals surface area contributed by atoms with Gasteiger partial charge < -0.3 is 14.1 Å². The second-order valence-corrected chi connectivity index (χ2v) is 5.87. The van der Waals surface area contributed by atoms with Gasteiger partial charge in [0.15, 0.2) is 0 Å². The molecule has 26 heavy (non-hydrogen) atoms. The second-order valence-electron chi connectivity index (χ2n) is 5.87. The molecule has 0 aliphatic carbocycles. The lowest BCUT2D eigenvalue weighted by Crippen LogP contribution is -2.31. The molecule has 0 unspecified atom stereocenters. The number of amides is 1. The van der Waals surface area contributed by atoms with Crippen molar-refractivity contribution in [1.82, 2.24) is 4.90 Å². The van der Waals surface area contributed by atoms with E-state index in [9.17, 15) is 9.18 Å². The summed E-state index contributed by atoms with van der Waals surface area (Å²) in [5.74, 6) is 0.918. The highest BCUT2D eigenvalue weighted by Gasteiger charge is 2.16. The number of ether oxygens (including phenoxy) is 1. The van der Waals surface area contributed by atoms with E-state index < -0.39 is 0 Å². The third-order valence-electron chi connectivity index (χ3n) is 3.89. The average molecular weight is 353 g/mol. The Balaban J connectivity index is 1.59. The van der Waals surface area contributed by atoms with Gasteiger partial charge in [0.25, 0.3) is 0 Å². The van der Waals surface area contributed by atoms with Crippen molar-refractivity contribution in [2.24, 2.45) is 0 Å². The number of rotatable bonds is 8. The summed E-state index contributed by atoms with van der Waals surface area (Å²) in [4.78, 5) is 14.4. The summed E-state index contributed by atoms with van der Waals surface area (Å²) in [6, 6.07) is 19.2. The molecule has 0 fully saturated rings. The number of hydrogen-bond donors (Lipinski definition) is 0. The first-order chi connectivity index (χ1) is 12.7. The van der Waals surface area contributed by atoms with Gasteiger partial charge in [0, 0.05) is 6.54 Å². The molecular weight excluding hydrogens is 333 g/mol. The van der Waals surface area contributed by atoms with E-state index in [0.29, 0.717) is 18.8 Å². The highest BCUT2D eigenvalue weighted by molar-refractivity contribution is 5.76. The summed E-state index contributed by atoms with van der Waals surface area (Å²) in [6.07, 6.45) is 1.82. The normalized spacial score (nSPS) is 10.5. The second kappa shape index (κ2) is 8.85. The van der Waals surface area contributed by atoms with Crippen molar-refractivity contribution in [3.8, 4) is 5.75 Å². The molecule has 0 N–H and O–H groups in total. The number of carbonyl (C=O) groups is 1. The molecule has 0 saturated heterocycles. The molecule has 0 radical (unpaired) electrons. The van der Waals surface area contributed by atoms with E-state index in [-0.39, 0.29) is 24.8 Å². The summed E-state index contributed by atoms with van der Waals surface area (Å²) in [7, 11) is 0. The minimum absolute atomic E-state index is 0.0348. The van der Waals surface area contributed by atoms with E-state index in [1.165, 1.54) is 12.1 Å². The van der Waals surface area contributed by atoms with Gasteiger partial charge in [-0.05, 0) is 42.0 Å². The first-order valence-corrected chi connectivity index (χ1v) is 8.43. The zero-order valence-electron chi connectivity index (χ0n) is 14.3. The van der Waals surface area contributed by atoms with Crippen LogP contribution >= 0.6 is 0 Å². The Morgan fingerprint density at radius 2 is 1.73 bits per heavy atom. The van der Waals surface area contributed by atoms with E-state index in [0.717, 1.165) is 11.3 Å². The van der Waals surface area contributed by atoms with Crippen LogP contribution in [0, 0.1) is 5.82 Å². The van der Waals surface area contributed by atoms with Crippen LogP contribution in [0.3, 0.4) is 0 Å². The molecule has 0 saturated carbocycles. The third kappa shape index (κ3) is 5.21. The molecule has 0 atom stereocenters. The van der Waals surface area contributed by atoms with E-state index in [4.69, 9.17) is 9.15 Å². The number of nitrogens with zero attached hydrogens (tertiary/aromatic N) is 1. The van der Waals surface area contributed by atoms with Crippen LogP contribution in [0.15, 0.2) is 77.4 Å². The molecule has 0 bridgehead atoms. The lowest BCUT2D eigenvalue weighted by atomic mass is 10.2. The Labute approximate surface area is 151 Å². The van der Waals surface area contributed by atoms with Crippen molar-refractivity contribution in [1.29, 1.82) is 0 Å².